The molecule has 2 N–H and O–H groups in total. The number of benzene rings is 2. The van der Waals surface area contributed by atoms with E-state index in [1.165, 1.54) is 7.11 Å². The van der Waals surface area contributed by atoms with Crippen LogP contribution in [-0.2, 0) is 32.1 Å². The highest BCUT2D eigenvalue weighted by molar-refractivity contribution is 6.30. The van der Waals surface area contributed by atoms with E-state index in [4.69, 9.17) is 21.1 Å². The number of carbonyl (C=O) groups is 3. The number of ether oxygens (including phenoxy) is 2. The van der Waals surface area contributed by atoms with Crippen molar-refractivity contribution >= 4 is 29.6 Å². The summed E-state index contributed by atoms with van der Waals surface area (Å²) in [6, 6.07) is 14.3. The molecule has 7 nitrogen and oxygen atoms in total. The highest BCUT2D eigenvalue weighted by Gasteiger charge is 2.29. The van der Waals surface area contributed by atoms with E-state index < -0.39 is 30.1 Å². The van der Waals surface area contributed by atoms with E-state index in [2.05, 4.69) is 10.6 Å². The zero-order valence-electron chi connectivity index (χ0n) is 17.8. The van der Waals surface area contributed by atoms with Gasteiger partial charge in [-0.1, -0.05) is 67.9 Å². The highest BCUT2D eigenvalue weighted by Crippen LogP contribution is 2.12. The lowest BCUT2D eigenvalue weighted by Gasteiger charge is -2.24. The number of nitrogens with one attached hydrogen (secondary N) is 2. The Kier molecular flexibility index (Phi) is 9.34. The van der Waals surface area contributed by atoms with E-state index in [1.807, 2.05) is 30.3 Å². The molecular weight excluding hydrogens is 420 g/mol. The van der Waals surface area contributed by atoms with Gasteiger partial charge in [0, 0.05) is 11.4 Å². The van der Waals surface area contributed by atoms with Gasteiger partial charge >= 0.3 is 12.1 Å². The summed E-state index contributed by atoms with van der Waals surface area (Å²) in [5, 5.41) is 5.82. The quantitative estimate of drug-likeness (QED) is 0.575. The summed E-state index contributed by atoms with van der Waals surface area (Å²) in [5.41, 5.74) is 1.63. The third-order valence-corrected chi connectivity index (χ3v) is 4.84. The van der Waals surface area contributed by atoms with Gasteiger partial charge in [-0.3, -0.25) is 4.79 Å². The van der Waals surface area contributed by atoms with Gasteiger partial charge in [-0.05, 0) is 29.2 Å². The molecule has 0 aliphatic rings. The number of methoxy groups -OCH3 is 1. The number of rotatable bonds is 9. The zero-order chi connectivity index (χ0) is 22.8. The second-order valence-electron chi connectivity index (χ2n) is 7.34. The maximum atomic E-state index is 12.9. The molecule has 0 spiro atoms. The summed E-state index contributed by atoms with van der Waals surface area (Å²) in [6.45, 7) is 3.66. The molecule has 0 bridgehead atoms. The van der Waals surface area contributed by atoms with Crippen LogP contribution in [0.5, 0.6) is 0 Å². The minimum Gasteiger partial charge on any atom is -0.467 e. The second-order valence-corrected chi connectivity index (χ2v) is 7.78. The first kappa shape index (κ1) is 24.2. The summed E-state index contributed by atoms with van der Waals surface area (Å²) < 4.78 is 10.0. The van der Waals surface area contributed by atoms with Crippen molar-refractivity contribution in [1.29, 1.82) is 0 Å². The van der Waals surface area contributed by atoms with Crippen molar-refractivity contribution in [3.8, 4) is 0 Å². The molecule has 2 aromatic carbocycles. The molecule has 31 heavy (non-hydrogen) atoms. The predicted octanol–water partition coefficient (Wildman–Crippen LogP) is 3.49. The number of amides is 2. The third-order valence-electron chi connectivity index (χ3n) is 4.59. The van der Waals surface area contributed by atoms with Crippen molar-refractivity contribution in [2.45, 2.75) is 39.0 Å². The summed E-state index contributed by atoms with van der Waals surface area (Å²) in [6.07, 6.45) is -0.496. The standard InChI is InChI=1S/C23H27ClN2O5/c1-15(2)20(26-23(29)31-14-17-7-5-4-6-8-17)21(27)25-19(22(28)30-3)13-16-9-11-18(24)12-10-16/h4-12,15,19-20H,13-14H2,1-3H3,(H,25,27)(H,26,29)/t19-,20+/m0/s1. The van der Waals surface area contributed by atoms with Crippen molar-refractivity contribution in [2.24, 2.45) is 5.92 Å². The molecular formula is C23H27ClN2O5. The Morgan fingerprint density at radius 1 is 0.935 bits per heavy atom. The number of alkyl carbamates (subject to hydrolysis) is 1. The summed E-state index contributed by atoms with van der Waals surface area (Å²) in [7, 11) is 1.25. The molecule has 0 unspecified atom stereocenters. The Labute approximate surface area is 187 Å². The highest BCUT2D eigenvalue weighted by atomic mass is 35.5. The van der Waals surface area contributed by atoms with E-state index in [-0.39, 0.29) is 18.9 Å². The largest absolute Gasteiger partial charge is 0.467 e. The molecule has 0 aliphatic heterocycles. The normalized spacial score (nSPS) is 12.5. The number of hydrogen-bond acceptors (Lipinski definition) is 5. The Balaban J connectivity index is 2.00. The molecule has 2 aromatic rings. The van der Waals surface area contributed by atoms with Gasteiger partial charge in [0.2, 0.25) is 5.91 Å². The smallest absolute Gasteiger partial charge is 0.408 e. The topological polar surface area (TPSA) is 93.7 Å². The summed E-state index contributed by atoms with van der Waals surface area (Å²) in [4.78, 5) is 37.3. The predicted molar refractivity (Wildman–Crippen MR) is 117 cm³/mol. The lowest BCUT2D eigenvalue weighted by molar-refractivity contribution is -0.145. The Hall–Kier alpha value is -3.06. The molecule has 0 aromatic heterocycles. The van der Waals surface area contributed by atoms with Crippen molar-refractivity contribution < 1.29 is 23.9 Å². The monoisotopic (exact) mass is 446 g/mol. The van der Waals surface area contributed by atoms with Gasteiger partial charge in [0.25, 0.3) is 0 Å². The van der Waals surface area contributed by atoms with Crippen LogP contribution in [0.1, 0.15) is 25.0 Å². The van der Waals surface area contributed by atoms with Gasteiger partial charge in [0.15, 0.2) is 0 Å². The van der Waals surface area contributed by atoms with Gasteiger partial charge in [-0.15, -0.1) is 0 Å². The maximum absolute atomic E-state index is 12.9. The van der Waals surface area contributed by atoms with Crippen molar-refractivity contribution in [2.75, 3.05) is 7.11 Å². The van der Waals surface area contributed by atoms with Crippen LogP contribution in [0.3, 0.4) is 0 Å². The van der Waals surface area contributed by atoms with E-state index >= 15 is 0 Å². The zero-order valence-corrected chi connectivity index (χ0v) is 18.5. The molecule has 0 fully saturated rings. The fourth-order valence-electron chi connectivity index (χ4n) is 2.88. The second kappa shape index (κ2) is 12.0. The van der Waals surface area contributed by atoms with Crippen molar-refractivity contribution in [1.82, 2.24) is 10.6 Å². The minimum atomic E-state index is -0.915. The lowest BCUT2D eigenvalue weighted by atomic mass is 10.0. The molecule has 0 radical (unpaired) electrons. The first-order valence-corrected chi connectivity index (χ1v) is 10.3. The van der Waals surface area contributed by atoms with Crippen LogP contribution in [0.15, 0.2) is 54.6 Å². The lowest BCUT2D eigenvalue weighted by Crippen LogP contribution is -2.54. The van der Waals surface area contributed by atoms with Gasteiger partial charge in [0.05, 0.1) is 7.11 Å². The molecule has 8 heteroatoms. The molecule has 2 amide bonds. The number of esters is 1. The molecule has 0 saturated carbocycles. The minimum absolute atomic E-state index is 0.0838. The Bertz CT molecular complexity index is 871. The average molecular weight is 447 g/mol. The van der Waals surface area contributed by atoms with Crippen LogP contribution < -0.4 is 10.6 Å². The van der Waals surface area contributed by atoms with Gasteiger partial charge in [-0.25, -0.2) is 9.59 Å². The summed E-state index contributed by atoms with van der Waals surface area (Å²) >= 11 is 5.90. The van der Waals surface area contributed by atoms with Crippen molar-refractivity contribution in [3.63, 3.8) is 0 Å². The van der Waals surface area contributed by atoms with Gasteiger partial charge < -0.3 is 20.1 Å². The first-order chi connectivity index (χ1) is 14.8. The molecule has 0 aliphatic carbocycles. The number of halogens is 1. The van der Waals surface area contributed by atoms with E-state index in [0.29, 0.717) is 5.02 Å². The maximum Gasteiger partial charge on any atom is 0.408 e. The van der Waals surface area contributed by atoms with Gasteiger partial charge in [-0.2, -0.15) is 0 Å². The molecule has 0 heterocycles. The van der Waals surface area contributed by atoms with Crippen LogP contribution in [0.4, 0.5) is 4.79 Å². The molecule has 0 saturated heterocycles. The van der Waals surface area contributed by atoms with Crippen LogP contribution >= 0.6 is 11.6 Å². The first-order valence-electron chi connectivity index (χ1n) is 9.90. The third kappa shape index (κ3) is 7.94. The summed E-state index contributed by atoms with van der Waals surface area (Å²) in [5.74, 6) is -1.33. The van der Waals surface area contributed by atoms with Crippen LogP contribution in [0.25, 0.3) is 0 Å². The molecule has 2 rings (SSSR count). The average Bonchev–Trinajstić information content (AvgIpc) is 2.76. The Morgan fingerprint density at radius 3 is 2.16 bits per heavy atom. The fraction of sp³-hybridized carbons (Fsp3) is 0.348. The fourth-order valence-corrected chi connectivity index (χ4v) is 3.01. The van der Waals surface area contributed by atoms with Crippen molar-refractivity contribution in [3.05, 3.63) is 70.7 Å². The number of carbonyl (C=O) groups excluding carboxylic acids is 3. The molecule has 2 atom stereocenters. The van der Waals surface area contributed by atoms with Crippen LogP contribution in [-0.4, -0.2) is 37.2 Å². The number of hydrogen-bond donors (Lipinski definition) is 2. The van der Waals surface area contributed by atoms with E-state index in [9.17, 15) is 14.4 Å². The van der Waals surface area contributed by atoms with E-state index in [1.54, 1.807) is 38.1 Å². The SMILES string of the molecule is COC(=O)[C@H](Cc1ccc(Cl)cc1)NC(=O)[C@H](NC(=O)OCc1ccccc1)C(C)C. The van der Waals surface area contributed by atoms with Crippen LogP contribution in [0.2, 0.25) is 5.02 Å². The Morgan fingerprint density at radius 2 is 1.58 bits per heavy atom. The van der Waals surface area contributed by atoms with Crippen LogP contribution in [0, 0.1) is 5.92 Å². The molecule has 166 valence electrons. The van der Waals surface area contributed by atoms with Gasteiger partial charge in [0.1, 0.15) is 18.7 Å². The van der Waals surface area contributed by atoms with E-state index in [0.717, 1.165) is 11.1 Å².